The van der Waals surface area contributed by atoms with Gasteiger partial charge in [-0.05, 0) is 68.6 Å². The molecule has 128 valence electrons. The van der Waals surface area contributed by atoms with Crippen LogP contribution in [0.5, 0.6) is 0 Å². The van der Waals surface area contributed by atoms with Gasteiger partial charge in [0.05, 0.1) is 0 Å². The molecule has 0 atom stereocenters. The fraction of sp³-hybridized carbons (Fsp3) is 0.450. The van der Waals surface area contributed by atoms with Crippen molar-refractivity contribution >= 4 is 0 Å². The first-order valence-electron chi connectivity index (χ1n) is 8.81. The van der Waals surface area contributed by atoms with E-state index in [9.17, 15) is 8.78 Å². The largest absolute Gasteiger partial charge is 0.303 e. The third-order valence-corrected chi connectivity index (χ3v) is 4.59. The molecule has 0 amide bonds. The van der Waals surface area contributed by atoms with Gasteiger partial charge in [-0.25, -0.2) is 8.78 Å². The molecule has 2 nitrogen and oxygen atoms in total. The summed E-state index contributed by atoms with van der Waals surface area (Å²) in [5.41, 5.74) is 2.76. The lowest BCUT2D eigenvalue weighted by Gasteiger charge is -2.26. The summed E-state index contributed by atoms with van der Waals surface area (Å²) in [6.45, 7) is 3.46. The Bertz CT molecular complexity index is 646. The van der Waals surface area contributed by atoms with E-state index >= 15 is 0 Å². The highest BCUT2D eigenvalue weighted by Crippen LogP contribution is 2.12. The van der Waals surface area contributed by atoms with Gasteiger partial charge >= 0.3 is 0 Å². The quantitative estimate of drug-likeness (QED) is 0.790. The Kier molecular flexibility index (Phi) is 5.91. The Hall–Kier alpha value is -1.81. The molecule has 2 aromatic rings. The molecule has 0 N–H and O–H groups in total. The molecule has 1 aliphatic rings. The summed E-state index contributed by atoms with van der Waals surface area (Å²) in [7, 11) is 0. The SMILES string of the molecule is Fc1cc(F)cc(CCc2cccc(CCN3CCCCC3)n2)c1. The van der Waals surface area contributed by atoms with E-state index in [1.165, 1.54) is 44.5 Å². The minimum Gasteiger partial charge on any atom is -0.303 e. The normalized spacial score (nSPS) is 15.6. The van der Waals surface area contributed by atoms with Crippen molar-refractivity contribution in [3.63, 3.8) is 0 Å². The number of pyridine rings is 1. The summed E-state index contributed by atoms with van der Waals surface area (Å²) in [5, 5.41) is 0. The van der Waals surface area contributed by atoms with E-state index in [-0.39, 0.29) is 0 Å². The lowest BCUT2D eigenvalue weighted by atomic mass is 10.1. The molecule has 0 aliphatic carbocycles. The lowest BCUT2D eigenvalue weighted by Crippen LogP contribution is -2.31. The van der Waals surface area contributed by atoms with Gasteiger partial charge < -0.3 is 4.90 Å². The van der Waals surface area contributed by atoms with Gasteiger partial charge in [0, 0.05) is 30.4 Å². The number of piperidine rings is 1. The Morgan fingerprint density at radius 1 is 0.833 bits per heavy atom. The summed E-state index contributed by atoms with van der Waals surface area (Å²) in [5.74, 6) is -1.04. The predicted octanol–water partition coefficient (Wildman–Crippen LogP) is 4.17. The van der Waals surface area contributed by atoms with E-state index in [0.717, 1.165) is 30.4 Å². The fourth-order valence-corrected chi connectivity index (χ4v) is 3.29. The van der Waals surface area contributed by atoms with Crippen molar-refractivity contribution in [2.24, 2.45) is 0 Å². The summed E-state index contributed by atoms with van der Waals surface area (Å²) >= 11 is 0. The van der Waals surface area contributed by atoms with Crippen molar-refractivity contribution in [3.05, 3.63) is 65.0 Å². The first kappa shape index (κ1) is 17.0. The third kappa shape index (κ3) is 5.10. The number of benzene rings is 1. The number of aryl methyl sites for hydroxylation is 2. The standard InChI is InChI=1S/C20H24F2N2/c21-17-13-16(14-18(22)15-17)7-8-19-5-4-6-20(23-19)9-12-24-10-2-1-3-11-24/h4-6,13-15H,1-3,7-12H2. The average molecular weight is 330 g/mol. The van der Waals surface area contributed by atoms with Gasteiger partial charge in [0.25, 0.3) is 0 Å². The number of nitrogens with zero attached hydrogens (tertiary/aromatic N) is 2. The molecule has 3 rings (SSSR count). The number of hydrogen-bond donors (Lipinski definition) is 0. The van der Waals surface area contributed by atoms with Gasteiger partial charge in [-0.1, -0.05) is 12.5 Å². The third-order valence-electron chi connectivity index (χ3n) is 4.59. The van der Waals surface area contributed by atoms with E-state index < -0.39 is 11.6 Å². The molecule has 1 aliphatic heterocycles. The van der Waals surface area contributed by atoms with Crippen LogP contribution in [0.4, 0.5) is 8.78 Å². The number of rotatable bonds is 6. The molecule has 0 unspecified atom stereocenters. The van der Waals surface area contributed by atoms with Crippen LogP contribution in [0, 0.1) is 11.6 Å². The molecule has 1 fully saturated rings. The van der Waals surface area contributed by atoms with Crippen LogP contribution in [0.25, 0.3) is 0 Å². The van der Waals surface area contributed by atoms with Crippen molar-refractivity contribution in [2.75, 3.05) is 19.6 Å². The molecule has 0 bridgehead atoms. The van der Waals surface area contributed by atoms with E-state index in [0.29, 0.717) is 18.4 Å². The molecule has 4 heteroatoms. The van der Waals surface area contributed by atoms with Crippen molar-refractivity contribution in [1.82, 2.24) is 9.88 Å². The van der Waals surface area contributed by atoms with Crippen LogP contribution in [-0.4, -0.2) is 29.5 Å². The van der Waals surface area contributed by atoms with Gasteiger partial charge in [0.2, 0.25) is 0 Å². The Morgan fingerprint density at radius 3 is 2.21 bits per heavy atom. The zero-order chi connectivity index (χ0) is 16.8. The lowest BCUT2D eigenvalue weighted by molar-refractivity contribution is 0.231. The van der Waals surface area contributed by atoms with E-state index in [4.69, 9.17) is 4.98 Å². The summed E-state index contributed by atoms with van der Waals surface area (Å²) in [4.78, 5) is 7.21. The molecule has 1 saturated heterocycles. The second-order valence-electron chi connectivity index (χ2n) is 6.55. The predicted molar refractivity (Wildman–Crippen MR) is 92.0 cm³/mol. The van der Waals surface area contributed by atoms with E-state index in [1.54, 1.807) is 0 Å². The maximum atomic E-state index is 13.2. The summed E-state index contributed by atoms with van der Waals surface area (Å²) < 4.78 is 26.5. The number of aromatic nitrogens is 1. The Labute approximate surface area is 142 Å². The molecular weight excluding hydrogens is 306 g/mol. The Balaban J connectivity index is 1.54. The Morgan fingerprint density at radius 2 is 1.50 bits per heavy atom. The highest BCUT2D eigenvalue weighted by molar-refractivity contribution is 5.20. The molecule has 24 heavy (non-hydrogen) atoms. The van der Waals surface area contributed by atoms with Crippen molar-refractivity contribution in [1.29, 1.82) is 0 Å². The monoisotopic (exact) mass is 330 g/mol. The zero-order valence-electron chi connectivity index (χ0n) is 14.0. The van der Waals surface area contributed by atoms with Crippen molar-refractivity contribution < 1.29 is 8.78 Å². The maximum absolute atomic E-state index is 13.2. The average Bonchev–Trinajstić information content (AvgIpc) is 2.59. The molecule has 1 aromatic carbocycles. The van der Waals surface area contributed by atoms with Crippen LogP contribution in [0.15, 0.2) is 36.4 Å². The van der Waals surface area contributed by atoms with Crippen LogP contribution in [0.1, 0.15) is 36.2 Å². The van der Waals surface area contributed by atoms with Gasteiger partial charge in [-0.2, -0.15) is 0 Å². The first-order valence-corrected chi connectivity index (χ1v) is 8.81. The summed E-state index contributed by atoms with van der Waals surface area (Å²) in [6, 6.07) is 9.77. The first-order chi connectivity index (χ1) is 11.7. The van der Waals surface area contributed by atoms with E-state index in [2.05, 4.69) is 11.0 Å². The van der Waals surface area contributed by atoms with Crippen molar-refractivity contribution in [2.45, 2.75) is 38.5 Å². The van der Waals surface area contributed by atoms with Gasteiger partial charge in [-0.3, -0.25) is 4.98 Å². The number of likely N-dealkylation sites (tertiary alicyclic amines) is 1. The second-order valence-corrected chi connectivity index (χ2v) is 6.55. The molecular formula is C20H24F2N2. The highest BCUT2D eigenvalue weighted by atomic mass is 19.1. The minimum absolute atomic E-state index is 0.520. The van der Waals surface area contributed by atoms with Gasteiger partial charge in [-0.15, -0.1) is 0 Å². The number of hydrogen-bond acceptors (Lipinski definition) is 2. The fourth-order valence-electron chi connectivity index (χ4n) is 3.29. The molecule has 0 saturated carbocycles. The van der Waals surface area contributed by atoms with Crippen LogP contribution in [0.2, 0.25) is 0 Å². The van der Waals surface area contributed by atoms with Gasteiger partial charge in [0.1, 0.15) is 11.6 Å². The van der Waals surface area contributed by atoms with Crippen LogP contribution in [-0.2, 0) is 19.3 Å². The van der Waals surface area contributed by atoms with Crippen LogP contribution < -0.4 is 0 Å². The number of halogens is 2. The molecule has 2 heterocycles. The molecule has 0 spiro atoms. The zero-order valence-corrected chi connectivity index (χ0v) is 14.0. The summed E-state index contributed by atoms with van der Waals surface area (Å²) in [6.07, 6.45) is 6.21. The smallest absolute Gasteiger partial charge is 0.126 e. The second kappa shape index (κ2) is 8.34. The topological polar surface area (TPSA) is 16.1 Å². The highest BCUT2D eigenvalue weighted by Gasteiger charge is 2.10. The van der Waals surface area contributed by atoms with Crippen LogP contribution >= 0.6 is 0 Å². The van der Waals surface area contributed by atoms with Crippen LogP contribution in [0.3, 0.4) is 0 Å². The van der Waals surface area contributed by atoms with E-state index in [1.807, 2.05) is 12.1 Å². The van der Waals surface area contributed by atoms with Crippen molar-refractivity contribution in [3.8, 4) is 0 Å². The molecule has 0 radical (unpaired) electrons. The molecule has 1 aromatic heterocycles. The minimum atomic E-state index is -0.520. The van der Waals surface area contributed by atoms with Gasteiger partial charge in [0.15, 0.2) is 0 Å². The maximum Gasteiger partial charge on any atom is 0.126 e.